The highest BCUT2D eigenvalue weighted by atomic mass is 32.1. The minimum Gasteiger partial charge on any atom is -0.506 e. The lowest BCUT2D eigenvalue weighted by atomic mass is 10.1. The van der Waals surface area contributed by atoms with E-state index in [1.807, 2.05) is 0 Å². The number of halogens is 3. The lowest BCUT2D eigenvalue weighted by Gasteiger charge is -2.07. The Morgan fingerprint density at radius 2 is 1.85 bits per heavy atom. The molecule has 0 fully saturated rings. The predicted octanol–water partition coefficient (Wildman–Crippen LogP) is 3.82. The Balaban J connectivity index is 2.41. The Labute approximate surface area is 117 Å². The second-order valence-corrected chi connectivity index (χ2v) is 5.00. The molecule has 0 saturated carbocycles. The van der Waals surface area contributed by atoms with Gasteiger partial charge in [0.1, 0.15) is 5.75 Å². The van der Waals surface area contributed by atoms with Crippen LogP contribution < -0.4 is 5.84 Å². The highest BCUT2D eigenvalue weighted by molar-refractivity contribution is 7.14. The second-order valence-electron chi connectivity index (χ2n) is 4.12. The second kappa shape index (κ2) is 5.16. The quantitative estimate of drug-likeness (QED) is 0.503. The van der Waals surface area contributed by atoms with E-state index >= 15 is 0 Å². The van der Waals surface area contributed by atoms with Crippen LogP contribution in [0.5, 0.6) is 5.75 Å². The molecule has 1 heterocycles. The van der Waals surface area contributed by atoms with Crippen molar-refractivity contribution in [3.05, 3.63) is 40.8 Å². The first kappa shape index (κ1) is 14.4. The zero-order valence-corrected chi connectivity index (χ0v) is 11.2. The average Bonchev–Trinajstić information content (AvgIpc) is 2.79. The van der Waals surface area contributed by atoms with Crippen molar-refractivity contribution >= 4 is 17.0 Å². The zero-order chi connectivity index (χ0) is 14.9. The first-order chi connectivity index (χ1) is 9.34. The molecule has 20 heavy (non-hydrogen) atoms. The van der Waals surface area contributed by atoms with Gasteiger partial charge < -0.3 is 10.9 Å². The number of nitrogens with zero attached hydrogens (tertiary/aromatic N) is 1. The van der Waals surface area contributed by atoms with Gasteiger partial charge in [-0.2, -0.15) is 18.3 Å². The van der Waals surface area contributed by atoms with Gasteiger partial charge in [0.05, 0.1) is 21.7 Å². The van der Waals surface area contributed by atoms with E-state index in [0.29, 0.717) is 21.7 Å². The maximum atomic E-state index is 12.5. The van der Waals surface area contributed by atoms with Crippen molar-refractivity contribution in [1.82, 2.24) is 0 Å². The van der Waals surface area contributed by atoms with Crippen LogP contribution in [0.25, 0.3) is 10.4 Å². The summed E-state index contributed by atoms with van der Waals surface area (Å²) >= 11 is 1.22. The summed E-state index contributed by atoms with van der Waals surface area (Å²) in [7, 11) is 0. The third kappa shape index (κ3) is 2.62. The zero-order valence-electron chi connectivity index (χ0n) is 10.4. The predicted molar refractivity (Wildman–Crippen MR) is 72.8 cm³/mol. The number of nitrogens with two attached hydrogens (primary N) is 1. The van der Waals surface area contributed by atoms with Crippen LogP contribution >= 0.6 is 11.3 Å². The molecule has 7 heteroatoms. The van der Waals surface area contributed by atoms with Crippen molar-refractivity contribution in [3.8, 4) is 16.2 Å². The van der Waals surface area contributed by atoms with Gasteiger partial charge in [-0.1, -0.05) is 12.1 Å². The Morgan fingerprint density at radius 3 is 2.35 bits per heavy atom. The van der Waals surface area contributed by atoms with Crippen LogP contribution in [0, 0.1) is 0 Å². The molecular weight excluding hydrogens is 289 g/mol. The van der Waals surface area contributed by atoms with E-state index in [1.54, 1.807) is 12.3 Å². The number of rotatable bonds is 2. The van der Waals surface area contributed by atoms with Crippen molar-refractivity contribution in [1.29, 1.82) is 0 Å². The summed E-state index contributed by atoms with van der Waals surface area (Å²) in [5.41, 5.74) is 0.720. The van der Waals surface area contributed by atoms with Crippen LogP contribution in [0.3, 0.4) is 0 Å². The number of hydrogen-bond acceptors (Lipinski definition) is 4. The minimum absolute atomic E-state index is 0.0264. The highest BCUT2D eigenvalue weighted by Gasteiger charge is 2.30. The van der Waals surface area contributed by atoms with E-state index in [2.05, 4.69) is 5.10 Å². The van der Waals surface area contributed by atoms with Crippen LogP contribution in [0.15, 0.2) is 34.7 Å². The summed E-state index contributed by atoms with van der Waals surface area (Å²) < 4.78 is 37.4. The summed E-state index contributed by atoms with van der Waals surface area (Å²) in [6, 6.07) is 4.62. The third-order valence-electron chi connectivity index (χ3n) is 2.82. The van der Waals surface area contributed by atoms with E-state index in [1.165, 1.54) is 23.5 Å². The molecule has 3 N–H and O–H groups in total. The van der Waals surface area contributed by atoms with Crippen LogP contribution in [0.4, 0.5) is 13.2 Å². The molecule has 0 bridgehead atoms. The fourth-order valence-electron chi connectivity index (χ4n) is 1.69. The fourth-order valence-corrected chi connectivity index (χ4v) is 2.70. The van der Waals surface area contributed by atoms with Crippen LogP contribution in [-0.4, -0.2) is 10.8 Å². The molecule has 2 aromatic rings. The van der Waals surface area contributed by atoms with Crippen LogP contribution in [0.1, 0.15) is 18.1 Å². The maximum absolute atomic E-state index is 12.5. The van der Waals surface area contributed by atoms with Crippen LogP contribution in [0.2, 0.25) is 0 Å². The lowest BCUT2D eigenvalue weighted by molar-refractivity contribution is -0.137. The lowest BCUT2D eigenvalue weighted by Crippen LogP contribution is -2.03. The molecule has 0 saturated heterocycles. The Hall–Kier alpha value is -2.02. The SMILES string of the molecule is C/C(=N\N)c1csc(-c2ccc(C(F)(F)F)cc2)c1O. The number of alkyl halides is 3. The topological polar surface area (TPSA) is 58.6 Å². The normalized spacial score (nSPS) is 12.7. The summed E-state index contributed by atoms with van der Waals surface area (Å²) in [5.74, 6) is 5.12. The summed E-state index contributed by atoms with van der Waals surface area (Å²) in [5, 5.41) is 15.2. The summed E-state index contributed by atoms with van der Waals surface area (Å²) in [6.07, 6.45) is -4.37. The van der Waals surface area contributed by atoms with Gasteiger partial charge >= 0.3 is 6.18 Å². The van der Waals surface area contributed by atoms with Crippen LogP contribution in [-0.2, 0) is 6.18 Å². The van der Waals surface area contributed by atoms with Gasteiger partial charge in [-0.25, -0.2) is 0 Å². The largest absolute Gasteiger partial charge is 0.506 e. The van der Waals surface area contributed by atoms with Gasteiger partial charge in [0.25, 0.3) is 0 Å². The van der Waals surface area contributed by atoms with Gasteiger partial charge in [0.2, 0.25) is 0 Å². The number of benzene rings is 1. The summed E-state index contributed by atoms with van der Waals surface area (Å²) in [6.45, 7) is 1.64. The molecule has 1 aromatic carbocycles. The molecule has 3 nitrogen and oxygen atoms in total. The Kier molecular flexibility index (Phi) is 3.71. The van der Waals surface area contributed by atoms with Crippen molar-refractivity contribution < 1.29 is 18.3 Å². The van der Waals surface area contributed by atoms with E-state index in [0.717, 1.165) is 12.1 Å². The number of hydrazone groups is 1. The number of thiophene rings is 1. The van der Waals surface area contributed by atoms with E-state index in [9.17, 15) is 18.3 Å². The molecule has 0 radical (unpaired) electrons. The molecule has 0 aliphatic rings. The summed E-state index contributed by atoms with van der Waals surface area (Å²) in [4.78, 5) is 0.483. The van der Waals surface area contributed by atoms with E-state index < -0.39 is 11.7 Å². The van der Waals surface area contributed by atoms with E-state index in [-0.39, 0.29) is 5.75 Å². The van der Waals surface area contributed by atoms with Crippen molar-refractivity contribution in [2.45, 2.75) is 13.1 Å². The molecule has 0 amide bonds. The monoisotopic (exact) mass is 300 g/mol. The molecule has 106 valence electrons. The maximum Gasteiger partial charge on any atom is 0.416 e. The molecule has 0 aliphatic heterocycles. The van der Waals surface area contributed by atoms with Gasteiger partial charge in [-0.15, -0.1) is 11.3 Å². The number of aromatic hydroxyl groups is 1. The van der Waals surface area contributed by atoms with Crippen molar-refractivity contribution in [2.75, 3.05) is 0 Å². The van der Waals surface area contributed by atoms with E-state index in [4.69, 9.17) is 5.84 Å². The standard InChI is InChI=1S/C13H11F3N2OS/c1-7(18-17)10-6-20-12(11(10)19)8-2-4-9(5-3-8)13(14,15)16/h2-6,19H,17H2,1H3/b18-7+. The smallest absolute Gasteiger partial charge is 0.416 e. The molecule has 1 aromatic heterocycles. The minimum atomic E-state index is -4.37. The molecule has 0 atom stereocenters. The Bertz CT molecular complexity index is 645. The molecule has 2 rings (SSSR count). The Morgan fingerprint density at radius 1 is 1.25 bits per heavy atom. The third-order valence-corrected chi connectivity index (χ3v) is 3.84. The van der Waals surface area contributed by atoms with Gasteiger partial charge in [0, 0.05) is 5.38 Å². The molecule has 0 spiro atoms. The van der Waals surface area contributed by atoms with Gasteiger partial charge in [0.15, 0.2) is 0 Å². The highest BCUT2D eigenvalue weighted by Crippen LogP contribution is 2.39. The molecular formula is C13H11F3N2OS. The van der Waals surface area contributed by atoms with Crippen molar-refractivity contribution in [2.24, 2.45) is 10.9 Å². The average molecular weight is 300 g/mol. The first-order valence-corrected chi connectivity index (χ1v) is 6.45. The van der Waals surface area contributed by atoms with Gasteiger partial charge in [-0.3, -0.25) is 0 Å². The molecule has 0 aliphatic carbocycles. The number of hydrogen-bond donors (Lipinski definition) is 2. The molecule has 0 unspecified atom stereocenters. The fraction of sp³-hybridized carbons (Fsp3) is 0.154. The van der Waals surface area contributed by atoms with Crippen molar-refractivity contribution in [3.63, 3.8) is 0 Å². The first-order valence-electron chi connectivity index (χ1n) is 5.57. The van der Waals surface area contributed by atoms with Gasteiger partial charge in [-0.05, 0) is 24.6 Å².